The number of hydrogen-bond donors (Lipinski definition) is 0. The third-order valence-corrected chi connectivity index (χ3v) is 2.12. The van der Waals surface area contributed by atoms with Gasteiger partial charge < -0.3 is 4.74 Å². The lowest BCUT2D eigenvalue weighted by Gasteiger charge is -2.06. The lowest BCUT2D eigenvalue weighted by Crippen LogP contribution is -2.01. The van der Waals surface area contributed by atoms with Crippen molar-refractivity contribution in [3.8, 4) is 5.75 Å². The number of nitrogens with zero attached hydrogens (tertiary/aromatic N) is 1. The molecule has 0 radical (unpaired) electrons. The highest BCUT2D eigenvalue weighted by Crippen LogP contribution is 2.28. The number of aromatic nitrogens is 1. The van der Waals surface area contributed by atoms with E-state index in [-0.39, 0.29) is 11.9 Å². The van der Waals surface area contributed by atoms with E-state index in [1.54, 1.807) is 6.20 Å². The van der Waals surface area contributed by atoms with Gasteiger partial charge in [-0.1, -0.05) is 6.92 Å². The zero-order valence-corrected chi connectivity index (χ0v) is 7.59. The minimum Gasteiger partial charge on any atom is -0.486 e. The highest BCUT2D eigenvalue weighted by molar-refractivity contribution is 5.27. The number of halogens is 1. The Morgan fingerprint density at radius 1 is 1.54 bits per heavy atom. The van der Waals surface area contributed by atoms with Crippen molar-refractivity contribution < 1.29 is 9.13 Å². The summed E-state index contributed by atoms with van der Waals surface area (Å²) in [5.41, 5.74) is 0.623. The summed E-state index contributed by atoms with van der Waals surface area (Å²) in [5, 5.41) is 0. The molecule has 1 aromatic rings. The second-order valence-electron chi connectivity index (χ2n) is 3.28. The van der Waals surface area contributed by atoms with Crippen LogP contribution in [0.4, 0.5) is 4.39 Å². The molecule has 0 N–H and O–H groups in total. The largest absolute Gasteiger partial charge is 0.486 e. The van der Waals surface area contributed by atoms with Gasteiger partial charge >= 0.3 is 0 Å². The molecule has 1 aromatic heterocycles. The molecule has 3 heteroatoms. The van der Waals surface area contributed by atoms with Crippen LogP contribution in [0.15, 0.2) is 12.4 Å². The maximum Gasteiger partial charge on any atom is 0.173 e. The van der Waals surface area contributed by atoms with Crippen LogP contribution in [0.25, 0.3) is 0 Å². The van der Waals surface area contributed by atoms with Crippen LogP contribution in [-0.2, 0) is 6.42 Å². The van der Waals surface area contributed by atoms with Gasteiger partial charge in [0.1, 0.15) is 0 Å². The normalized spacial score (nSPS) is 15.8. The lowest BCUT2D eigenvalue weighted by atomic mass is 10.2. The Bertz CT molecular complexity index is 310. The lowest BCUT2D eigenvalue weighted by molar-refractivity contribution is 0.285. The highest BCUT2D eigenvalue weighted by atomic mass is 19.1. The molecular formula is C10H12FNO. The van der Waals surface area contributed by atoms with Crippen molar-refractivity contribution in [3.63, 3.8) is 0 Å². The summed E-state index contributed by atoms with van der Waals surface area (Å²) in [6, 6.07) is 0. The van der Waals surface area contributed by atoms with E-state index < -0.39 is 0 Å². The van der Waals surface area contributed by atoms with Gasteiger partial charge in [0.05, 0.1) is 12.3 Å². The quantitative estimate of drug-likeness (QED) is 0.714. The summed E-state index contributed by atoms with van der Waals surface area (Å²) in [4.78, 5) is 3.93. The maximum absolute atomic E-state index is 13.5. The monoisotopic (exact) mass is 181 g/mol. The van der Waals surface area contributed by atoms with E-state index in [0.29, 0.717) is 17.7 Å². The van der Waals surface area contributed by atoms with Crippen molar-refractivity contribution in [2.75, 3.05) is 0 Å². The summed E-state index contributed by atoms with van der Waals surface area (Å²) in [6.45, 7) is 1.90. The molecule has 0 atom stereocenters. The fourth-order valence-corrected chi connectivity index (χ4v) is 1.16. The molecule has 2 nitrogen and oxygen atoms in total. The van der Waals surface area contributed by atoms with E-state index in [0.717, 1.165) is 12.8 Å². The number of aryl methyl sites for hydroxylation is 1. The summed E-state index contributed by atoms with van der Waals surface area (Å²) in [6.07, 6.45) is 5.96. The summed E-state index contributed by atoms with van der Waals surface area (Å²) in [7, 11) is 0. The maximum atomic E-state index is 13.5. The number of rotatable bonds is 3. The van der Waals surface area contributed by atoms with Crippen LogP contribution in [-0.4, -0.2) is 11.1 Å². The third-order valence-electron chi connectivity index (χ3n) is 2.12. The van der Waals surface area contributed by atoms with E-state index in [1.165, 1.54) is 6.20 Å². The molecule has 1 heterocycles. The average molecular weight is 181 g/mol. The molecule has 0 aliphatic heterocycles. The summed E-state index contributed by atoms with van der Waals surface area (Å²) in [5.74, 6) is 0.0613. The van der Waals surface area contributed by atoms with Crippen LogP contribution in [0, 0.1) is 5.82 Å². The predicted molar refractivity (Wildman–Crippen MR) is 47.2 cm³/mol. The van der Waals surface area contributed by atoms with Crippen molar-refractivity contribution in [3.05, 3.63) is 23.8 Å². The highest BCUT2D eigenvalue weighted by Gasteiger charge is 2.25. The molecular weight excluding hydrogens is 169 g/mol. The van der Waals surface area contributed by atoms with E-state index in [4.69, 9.17) is 4.74 Å². The molecule has 1 saturated carbocycles. The van der Waals surface area contributed by atoms with Crippen molar-refractivity contribution in [2.45, 2.75) is 32.3 Å². The molecule has 1 aliphatic carbocycles. The molecule has 0 spiro atoms. The van der Waals surface area contributed by atoms with Gasteiger partial charge in [-0.25, -0.2) is 4.39 Å². The smallest absolute Gasteiger partial charge is 0.173 e. The standard InChI is InChI=1S/C10H12FNO/c1-2-7-5-12-6-9(10(7)11)13-8-3-4-8/h5-6,8H,2-4H2,1H3. The Labute approximate surface area is 76.7 Å². The van der Waals surface area contributed by atoms with Crippen LogP contribution in [0.1, 0.15) is 25.3 Å². The van der Waals surface area contributed by atoms with Crippen LogP contribution >= 0.6 is 0 Å². The van der Waals surface area contributed by atoms with Crippen molar-refractivity contribution in [2.24, 2.45) is 0 Å². The van der Waals surface area contributed by atoms with E-state index in [9.17, 15) is 4.39 Å². The fourth-order valence-electron chi connectivity index (χ4n) is 1.16. The molecule has 0 aromatic carbocycles. The second kappa shape index (κ2) is 3.32. The Morgan fingerprint density at radius 3 is 2.92 bits per heavy atom. The van der Waals surface area contributed by atoms with Gasteiger partial charge in [-0.15, -0.1) is 0 Å². The molecule has 70 valence electrons. The third kappa shape index (κ3) is 1.79. The van der Waals surface area contributed by atoms with Gasteiger partial charge in [0.15, 0.2) is 11.6 Å². The first-order valence-electron chi connectivity index (χ1n) is 4.60. The zero-order chi connectivity index (χ0) is 9.26. The van der Waals surface area contributed by atoms with Gasteiger partial charge in [-0.2, -0.15) is 0 Å². The fraction of sp³-hybridized carbons (Fsp3) is 0.500. The number of pyridine rings is 1. The van der Waals surface area contributed by atoms with Gasteiger partial charge in [0.2, 0.25) is 0 Å². The molecule has 0 amide bonds. The van der Waals surface area contributed by atoms with Crippen molar-refractivity contribution >= 4 is 0 Å². The molecule has 2 rings (SSSR count). The topological polar surface area (TPSA) is 22.1 Å². The number of ether oxygens (including phenoxy) is 1. The average Bonchev–Trinajstić information content (AvgIpc) is 2.92. The van der Waals surface area contributed by atoms with Crippen LogP contribution in [0.3, 0.4) is 0 Å². The molecule has 13 heavy (non-hydrogen) atoms. The Hall–Kier alpha value is -1.12. The summed E-state index contributed by atoms with van der Waals surface area (Å²) < 4.78 is 18.9. The van der Waals surface area contributed by atoms with Crippen LogP contribution in [0.5, 0.6) is 5.75 Å². The Kier molecular flexibility index (Phi) is 2.17. The molecule has 0 saturated heterocycles. The molecule has 1 aliphatic rings. The molecule has 0 bridgehead atoms. The van der Waals surface area contributed by atoms with Crippen LogP contribution in [0.2, 0.25) is 0 Å². The summed E-state index contributed by atoms with van der Waals surface area (Å²) >= 11 is 0. The first-order valence-corrected chi connectivity index (χ1v) is 4.60. The van der Waals surface area contributed by atoms with Crippen LogP contribution < -0.4 is 4.74 Å². The number of hydrogen-bond acceptors (Lipinski definition) is 2. The molecule has 1 fully saturated rings. The zero-order valence-electron chi connectivity index (χ0n) is 7.59. The van der Waals surface area contributed by atoms with Gasteiger partial charge in [-0.3, -0.25) is 4.98 Å². The Balaban J connectivity index is 2.22. The second-order valence-corrected chi connectivity index (χ2v) is 3.28. The van der Waals surface area contributed by atoms with E-state index in [2.05, 4.69) is 4.98 Å². The SMILES string of the molecule is CCc1cncc(OC2CC2)c1F. The predicted octanol–water partition coefficient (Wildman–Crippen LogP) is 2.32. The Morgan fingerprint density at radius 2 is 2.31 bits per heavy atom. The molecule has 0 unspecified atom stereocenters. The minimum absolute atomic E-state index is 0.225. The van der Waals surface area contributed by atoms with Crippen molar-refractivity contribution in [1.82, 2.24) is 4.98 Å². The first kappa shape index (κ1) is 8.48. The van der Waals surface area contributed by atoms with Crippen molar-refractivity contribution in [1.29, 1.82) is 0 Å². The van der Waals surface area contributed by atoms with E-state index in [1.807, 2.05) is 6.92 Å². The van der Waals surface area contributed by atoms with Gasteiger partial charge in [-0.05, 0) is 19.3 Å². The first-order chi connectivity index (χ1) is 6.31. The van der Waals surface area contributed by atoms with E-state index >= 15 is 0 Å². The van der Waals surface area contributed by atoms with Gasteiger partial charge in [0, 0.05) is 11.8 Å². The minimum atomic E-state index is -0.246. The van der Waals surface area contributed by atoms with Gasteiger partial charge in [0.25, 0.3) is 0 Å².